The van der Waals surface area contributed by atoms with Crippen LogP contribution in [0.4, 0.5) is 0 Å². The third-order valence-electron chi connectivity index (χ3n) is 2.23. The van der Waals surface area contributed by atoms with E-state index in [4.69, 9.17) is 4.74 Å². The van der Waals surface area contributed by atoms with Gasteiger partial charge < -0.3 is 4.74 Å². The van der Waals surface area contributed by atoms with E-state index in [2.05, 4.69) is 41.9 Å². The summed E-state index contributed by atoms with van der Waals surface area (Å²) in [5.41, 5.74) is 1.24. The van der Waals surface area contributed by atoms with Gasteiger partial charge in [-0.1, -0.05) is 60.1 Å². The van der Waals surface area contributed by atoms with Gasteiger partial charge in [0.1, 0.15) is 0 Å². The Hall–Kier alpha value is -0.340. The number of halogens is 1. The van der Waals surface area contributed by atoms with E-state index in [-0.39, 0.29) is 0 Å². The number of rotatable bonds is 6. The van der Waals surface area contributed by atoms with Gasteiger partial charge in [-0.2, -0.15) is 0 Å². The molecule has 2 heteroatoms. The molecule has 0 fully saturated rings. The van der Waals surface area contributed by atoms with Crippen LogP contribution in [0.25, 0.3) is 0 Å². The van der Waals surface area contributed by atoms with Crippen LogP contribution in [0.15, 0.2) is 30.3 Å². The molecule has 15 heavy (non-hydrogen) atoms. The van der Waals surface area contributed by atoms with Crippen molar-refractivity contribution in [1.82, 2.24) is 0 Å². The lowest BCUT2D eigenvalue weighted by Crippen LogP contribution is -2.17. The maximum absolute atomic E-state index is 5.84. The quantitative estimate of drug-likeness (QED) is 0.710. The van der Waals surface area contributed by atoms with Crippen molar-refractivity contribution >= 4 is 15.9 Å². The van der Waals surface area contributed by atoms with Crippen LogP contribution in [0.1, 0.15) is 25.8 Å². The molecule has 1 unspecified atom stereocenters. The summed E-state index contributed by atoms with van der Waals surface area (Å²) in [6.07, 6.45) is 1.43. The zero-order valence-electron chi connectivity index (χ0n) is 9.45. The van der Waals surface area contributed by atoms with Gasteiger partial charge in [-0.15, -0.1) is 0 Å². The summed E-state index contributed by atoms with van der Waals surface area (Å²) in [6.45, 7) is 5.16. The first-order valence-corrected chi connectivity index (χ1v) is 6.56. The summed E-state index contributed by atoms with van der Waals surface area (Å²) < 4.78 is 5.84. The van der Waals surface area contributed by atoms with Crippen molar-refractivity contribution in [3.8, 4) is 0 Å². The molecule has 1 atom stereocenters. The summed E-state index contributed by atoms with van der Waals surface area (Å²) in [5.74, 6) is 0.684. The summed E-state index contributed by atoms with van der Waals surface area (Å²) in [5, 5.41) is 0.915. The van der Waals surface area contributed by atoms with Crippen molar-refractivity contribution in [3.05, 3.63) is 35.9 Å². The van der Waals surface area contributed by atoms with Gasteiger partial charge >= 0.3 is 0 Å². The first-order chi connectivity index (χ1) is 7.22. The van der Waals surface area contributed by atoms with Crippen molar-refractivity contribution in [2.45, 2.75) is 33.0 Å². The standard InChI is InChI=1S/C13H19BrO/c1-11(2)8-13(9-14)15-10-12-6-4-3-5-7-12/h3-7,11,13H,8-10H2,1-2H3. The highest BCUT2D eigenvalue weighted by Gasteiger charge is 2.09. The van der Waals surface area contributed by atoms with Gasteiger partial charge in [0.2, 0.25) is 0 Å². The number of hydrogen-bond donors (Lipinski definition) is 0. The van der Waals surface area contributed by atoms with E-state index in [1.165, 1.54) is 5.56 Å². The average molecular weight is 271 g/mol. The van der Waals surface area contributed by atoms with Crippen LogP contribution < -0.4 is 0 Å². The zero-order chi connectivity index (χ0) is 11.1. The van der Waals surface area contributed by atoms with E-state index in [1.807, 2.05) is 18.2 Å². The second kappa shape index (κ2) is 7.02. The maximum atomic E-state index is 5.84. The van der Waals surface area contributed by atoms with Gasteiger partial charge in [0.05, 0.1) is 12.7 Å². The fraction of sp³-hybridized carbons (Fsp3) is 0.538. The van der Waals surface area contributed by atoms with E-state index >= 15 is 0 Å². The Labute approximate surface area is 101 Å². The average Bonchev–Trinajstić information content (AvgIpc) is 2.25. The molecule has 0 amide bonds. The molecule has 0 aliphatic carbocycles. The van der Waals surface area contributed by atoms with Crippen molar-refractivity contribution in [3.63, 3.8) is 0 Å². The normalized spacial score (nSPS) is 13.1. The SMILES string of the molecule is CC(C)CC(CBr)OCc1ccccc1. The number of hydrogen-bond acceptors (Lipinski definition) is 1. The van der Waals surface area contributed by atoms with E-state index in [1.54, 1.807) is 0 Å². The van der Waals surface area contributed by atoms with Gasteiger partial charge in [0.25, 0.3) is 0 Å². The molecule has 0 saturated carbocycles. The van der Waals surface area contributed by atoms with E-state index in [0.717, 1.165) is 11.8 Å². The molecule has 0 spiro atoms. The largest absolute Gasteiger partial charge is 0.373 e. The van der Waals surface area contributed by atoms with Crippen LogP contribution in [-0.4, -0.2) is 11.4 Å². The molecule has 84 valence electrons. The molecule has 1 aromatic rings. The van der Waals surface area contributed by atoms with Gasteiger partial charge in [-0.25, -0.2) is 0 Å². The van der Waals surface area contributed by atoms with Crippen LogP contribution in [0, 0.1) is 5.92 Å². The van der Waals surface area contributed by atoms with Crippen LogP contribution in [0.5, 0.6) is 0 Å². The topological polar surface area (TPSA) is 9.23 Å². The van der Waals surface area contributed by atoms with Crippen LogP contribution >= 0.6 is 15.9 Å². The van der Waals surface area contributed by atoms with E-state index in [0.29, 0.717) is 18.6 Å². The lowest BCUT2D eigenvalue weighted by atomic mass is 10.1. The van der Waals surface area contributed by atoms with Crippen molar-refractivity contribution < 1.29 is 4.74 Å². The molecule has 0 bridgehead atoms. The fourth-order valence-corrected chi connectivity index (χ4v) is 1.94. The Morgan fingerprint density at radius 2 is 1.87 bits per heavy atom. The summed E-state index contributed by atoms with van der Waals surface area (Å²) in [4.78, 5) is 0. The molecular formula is C13H19BrO. The first-order valence-electron chi connectivity index (χ1n) is 5.44. The highest BCUT2D eigenvalue weighted by molar-refractivity contribution is 9.09. The molecule has 0 radical (unpaired) electrons. The summed E-state index contributed by atoms with van der Waals surface area (Å²) >= 11 is 3.49. The zero-order valence-corrected chi connectivity index (χ0v) is 11.0. The molecule has 0 saturated heterocycles. The smallest absolute Gasteiger partial charge is 0.0721 e. The van der Waals surface area contributed by atoms with Gasteiger partial charge in [-0.05, 0) is 17.9 Å². The second-order valence-electron chi connectivity index (χ2n) is 4.20. The van der Waals surface area contributed by atoms with Crippen molar-refractivity contribution in [1.29, 1.82) is 0 Å². The van der Waals surface area contributed by atoms with E-state index < -0.39 is 0 Å². The number of alkyl halides is 1. The van der Waals surface area contributed by atoms with Crippen LogP contribution in [0.2, 0.25) is 0 Å². The Kier molecular flexibility index (Phi) is 5.96. The second-order valence-corrected chi connectivity index (χ2v) is 4.85. The maximum Gasteiger partial charge on any atom is 0.0721 e. The fourth-order valence-electron chi connectivity index (χ4n) is 1.49. The molecule has 0 N–H and O–H groups in total. The monoisotopic (exact) mass is 270 g/mol. The van der Waals surface area contributed by atoms with Crippen LogP contribution in [-0.2, 0) is 11.3 Å². The highest BCUT2D eigenvalue weighted by atomic mass is 79.9. The Morgan fingerprint density at radius 1 is 1.20 bits per heavy atom. The van der Waals surface area contributed by atoms with Gasteiger partial charge in [0.15, 0.2) is 0 Å². The van der Waals surface area contributed by atoms with Crippen LogP contribution in [0.3, 0.4) is 0 Å². The van der Waals surface area contributed by atoms with Gasteiger partial charge in [0, 0.05) is 5.33 Å². The summed E-state index contributed by atoms with van der Waals surface area (Å²) in [7, 11) is 0. The first kappa shape index (κ1) is 12.7. The van der Waals surface area contributed by atoms with Crippen molar-refractivity contribution in [2.75, 3.05) is 5.33 Å². The molecule has 1 rings (SSSR count). The molecular weight excluding hydrogens is 252 g/mol. The molecule has 0 heterocycles. The Bertz CT molecular complexity index is 258. The highest BCUT2D eigenvalue weighted by Crippen LogP contribution is 2.13. The van der Waals surface area contributed by atoms with Crippen molar-refractivity contribution in [2.24, 2.45) is 5.92 Å². The Balaban J connectivity index is 2.34. The predicted molar refractivity (Wildman–Crippen MR) is 68.3 cm³/mol. The number of benzene rings is 1. The molecule has 1 nitrogen and oxygen atoms in total. The summed E-state index contributed by atoms with van der Waals surface area (Å²) in [6, 6.07) is 10.3. The Morgan fingerprint density at radius 3 is 2.40 bits per heavy atom. The minimum absolute atomic E-state index is 0.324. The van der Waals surface area contributed by atoms with Gasteiger partial charge in [-0.3, -0.25) is 0 Å². The third kappa shape index (κ3) is 5.33. The minimum Gasteiger partial charge on any atom is -0.373 e. The number of ether oxygens (including phenoxy) is 1. The lowest BCUT2D eigenvalue weighted by molar-refractivity contribution is 0.0436. The lowest BCUT2D eigenvalue weighted by Gasteiger charge is -2.17. The van der Waals surface area contributed by atoms with E-state index in [9.17, 15) is 0 Å². The molecule has 1 aromatic carbocycles. The predicted octanol–water partition coefficient (Wildman–Crippen LogP) is 4.01. The molecule has 0 aromatic heterocycles. The molecule has 0 aliphatic rings. The molecule has 0 aliphatic heterocycles. The minimum atomic E-state index is 0.324. The third-order valence-corrected chi connectivity index (χ3v) is 2.96.